The maximum atomic E-state index is 12.7. The van der Waals surface area contributed by atoms with E-state index in [1.54, 1.807) is 23.1 Å². The number of aryl methyl sites for hydroxylation is 1. The number of carbonyl (C=O) groups excluding carboxylic acids is 2. The van der Waals surface area contributed by atoms with E-state index in [0.717, 1.165) is 16.7 Å². The molecule has 7 heteroatoms. The molecule has 1 fully saturated rings. The van der Waals surface area contributed by atoms with Crippen LogP contribution in [0.25, 0.3) is 0 Å². The quantitative estimate of drug-likeness (QED) is 0.714. The van der Waals surface area contributed by atoms with Crippen LogP contribution in [0.2, 0.25) is 0 Å². The molecule has 7 nitrogen and oxygen atoms in total. The number of hydrogen-bond acceptors (Lipinski definition) is 4. The molecular formula is C22H24N2O5. The highest BCUT2D eigenvalue weighted by molar-refractivity contribution is 5.90. The minimum Gasteiger partial charge on any atom is -0.482 e. The van der Waals surface area contributed by atoms with E-state index in [1.165, 1.54) is 0 Å². The number of hydrogen-bond donors (Lipinski definition) is 2. The fourth-order valence-electron chi connectivity index (χ4n) is 3.29. The summed E-state index contributed by atoms with van der Waals surface area (Å²) in [6.45, 7) is 2.26. The molecule has 1 heterocycles. The predicted octanol–water partition coefficient (Wildman–Crippen LogP) is 2.27. The standard InChI is InChI=1S/C22H24N2O5/c1-15-5-7-16(8-6-15)13-24-19(9-10-20(24)25)22(28)23-12-17-3-2-4-18(11-17)29-14-21(26)27/h2-8,11,19H,9-10,12-14H2,1H3,(H,23,28)(H,26,27)/t19-/m0/s1. The van der Waals surface area contributed by atoms with Gasteiger partial charge in [-0.1, -0.05) is 42.0 Å². The van der Waals surface area contributed by atoms with Gasteiger partial charge < -0.3 is 20.1 Å². The van der Waals surface area contributed by atoms with E-state index in [-0.39, 0.29) is 18.4 Å². The molecule has 0 unspecified atom stereocenters. The zero-order valence-corrected chi connectivity index (χ0v) is 16.3. The van der Waals surface area contributed by atoms with Gasteiger partial charge in [0.2, 0.25) is 11.8 Å². The first-order valence-corrected chi connectivity index (χ1v) is 9.48. The first-order valence-electron chi connectivity index (χ1n) is 9.48. The second-order valence-electron chi connectivity index (χ2n) is 7.11. The molecule has 1 atom stereocenters. The minimum absolute atomic E-state index is 0.0187. The number of amides is 2. The van der Waals surface area contributed by atoms with Gasteiger partial charge >= 0.3 is 5.97 Å². The highest BCUT2D eigenvalue weighted by atomic mass is 16.5. The summed E-state index contributed by atoms with van der Waals surface area (Å²) in [6, 6.07) is 14.3. The van der Waals surface area contributed by atoms with Gasteiger partial charge in [0.15, 0.2) is 6.61 Å². The smallest absolute Gasteiger partial charge is 0.341 e. The van der Waals surface area contributed by atoms with Crippen molar-refractivity contribution in [3.63, 3.8) is 0 Å². The third kappa shape index (κ3) is 5.57. The van der Waals surface area contributed by atoms with Gasteiger partial charge in [-0.3, -0.25) is 9.59 Å². The van der Waals surface area contributed by atoms with E-state index in [2.05, 4.69) is 5.32 Å². The summed E-state index contributed by atoms with van der Waals surface area (Å²) in [5.74, 6) is -0.839. The van der Waals surface area contributed by atoms with E-state index in [9.17, 15) is 14.4 Å². The van der Waals surface area contributed by atoms with Crippen LogP contribution in [0, 0.1) is 6.92 Å². The van der Waals surface area contributed by atoms with Crippen LogP contribution in [-0.4, -0.2) is 40.4 Å². The average Bonchev–Trinajstić information content (AvgIpc) is 3.07. The van der Waals surface area contributed by atoms with Gasteiger partial charge in [-0.05, 0) is 36.6 Å². The SMILES string of the molecule is Cc1ccc(CN2C(=O)CC[C@H]2C(=O)NCc2cccc(OCC(=O)O)c2)cc1. The van der Waals surface area contributed by atoms with E-state index < -0.39 is 18.6 Å². The van der Waals surface area contributed by atoms with Crippen molar-refractivity contribution in [3.05, 3.63) is 65.2 Å². The second kappa shape index (κ2) is 9.23. The molecule has 3 rings (SSSR count). The van der Waals surface area contributed by atoms with Crippen molar-refractivity contribution >= 4 is 17.8 Å². The van der Waals surface area contributed by atoms with Crippen molar-refractivity contribution in [2.24, 2.45) is 0 Å². The van der Waals surface area contributed by atoms with Crippen molar-refractivity contribution < 1.29 is 24.2 Å². The number of ether oxygens (including phenoxy) is 1. The lowest BCUT2D eigenvalue weighted by Crippen LogP contribution is -2.44. The number of carboxylic acid groups (broad SMARTS) is 1. The Morgan fingerprint density at radius 1 is 1.17 bits per heavy atom. The molecule has 1 aliphatic heterocycles. The Morgan fingerprint density at radius 2 is 1.93 bits per heavy atom. The van der Waals surface area contributed by atoms with Crippen molar-refractivity contribution in [1.29, 1.82) is 0 Å². The summed E-state index contributed by atoms with van der Waals surface area (Å²) in [6.07, 6.45) is 0.862. The Morgan fingerprint density at radius 3 is 2.66 bits per heavy atom. The van der Waals surface area contributed by atoms with Crippen LogP contribution < -0.4 is 10.1 Å². The third-order valence-electron chi connectivity index (χ3n) is 4.83. The molecule has 0 saturated carbocycles. The number of rotatable bonds is 8. The van der Waals surface area contributed by atoms with Crippen LogP contribution in [0.3, 0.4) is 0 Å². The number of carboxylic acids is 1. The Balaban J connectivity index is 1.59. The normalized spacial score (nSPS) is 16.0. The van der Waals surface area contributed by atoms with Crippen LogP contribution >= 0.6 is 0 Å². The van der Waals surface area contributed by atoms with Gasteiger partial charge in [0.1, 0.15) is 11.8 Å². The van der Waals surface area contributed by atoms with Crippen molar-refractivity contribution in [1.82, 2.24) is 10.2 Å². The number of benzene rings is 2. The summed E-state index contributed by atoms with van der Waals surface area (Å²) in [5, 5.41) is 11.6. The maximum absolute atomic E-state index is 12.7. The lowest BCUT2D eigenvalue weighted by atomic mass is 10.1. The molecule has 2 N–H and O–H groups in total. The maximum Gasteiger partial charge on any atom is 0.341 e. The number of nitrogens with zero attached hydrogens (tertiary/aromatic N) is 1. The van der Waals surface area contributed by atoms with Crippen LogP contribution in [0.15, 0.2) is 48.5 Å². The van der Waals surface area contributed by atoms with Gasteiger partial charge in [-0.15, -0.1) is 0 Å². The van der Waals surface area contributed by atoms with Gasteiger partial charge in [-0.25, -0.2) is 4.79 Å². The molecule has 1 saturated heterocycles. The summed E-state index contributed by atoms with van der Waals surface area (Å²) in [4.78, 5) is 37.2. The monoisotopic (exact) mass is 396 g/mol. The van der Waals surface area contributed by atoms with E-state index in [0.29, 0.717) is 25.1 Å². The fraction of sp³-hybridized carbons (Fsp3) is 0.318. The van der Waals surface area contributed by atoms with Gasteiger partial charge in [0.05, 0.1) is 0 Å². The number of likely N-dealkylation sites (tertiary alicyclic amines) is 1. The first-order chi connectivity index (χ1) is 13.9. The third-order valence-corrected chi connectivity index (χ3v) is 4.83. The topological polar surface area (TPSA) is 95.9 Å². The van der Waals surface area contributed by atoms with Gasteiger partial charge in [-0.2, -0.15) is 0 Å². The summed E-state index contributed by atoms with van der Waals surface area (Å²) in [5.41, 5.74) is 2.92. The molecule has 0 spiro atoms. The Kier molecular flexibility index (Phi) is 6.49. The molecule has 152 valence electrons. The zero-order valence-electron chi connectivity index (χ0n) is 16.3. The predicted molar refractivity (Wildman–Crippen MR) is 106 cm³/mol. The van der Waals surface area contributed by atoms with Crippen LogP contribution in [-0.2, 0) is 27.5 Å². The van der Waals surface area contributed by atoms with Crippen molar-refractivity contribution in [2.75, 3.05) is 6.61 Å². The van der Waals surface area contributed by atoms with E-state index >= 15 is 0 Å². The molecule has 2 aromatic rings. The Labute approximate surface area is 169 Å². The lowest BCUT2D eigenvalue weighted by Gasteiger charge is -2.24. The molecular weight excluding hydrogens is 372 g/mol. The van der Waals surface area contributed by atoms with Gasteiger partial charge in [0, 0.05) is 19.5 Å². The van der Waals surface area contributed by atoms with Crippen LogP contribution in [0.1, 0.15) is 29.5 Å². The fourth-order valence-corrected chi connectivity index (χ4v) is 3.29. The molecule has 2 aromatic carbocycles. The average molecular weight is 396 g/mol. The number of nitrogens with one attached hydrogen (secondary N) is 1. The number of carbonyl (C=O) groups is 3. The molecule has 2 amide bonds. The Bertz CT molecular complexity index is 894. The summed E-state index contributed by atoms with van der Waals surface area (Å²) in [7, 11) is 0. The molecule has 0 aliphatic carbocycles. The number of aliphatic carboxylic acids is 1. The molecule has 29 heavy (non-hydrogen) atoms. The second-order valence-corrected chi connectivity index (χ2v) is 7.11. The van der Waals surface area contributed by atoms with Gasteiger partial charge in [0.25, 0.3) is 0 Å². The minimum atomic E-state index is -1.05. The highest BCUT2D eigenvalue weighted by Crippen LogP contribution is 2.22. The summed E-state index contributed by atoms with van der Waals surface area (Å²) >= 11 is 0. The zero-order chi connectivity index (χ0) is 20.8. The highest BCUT2D eigenvalue weighted by Gasteiger charge is 2.35. The van der Waals surface area contributed by atoms with Crippen LogP contribution in [0.5, 0.6) is 5.75 Å². The molecule has 1 aliphatic rings. The van der Waals surface area contributed by atoms with E-state index in [4.69, 9.17) is 9.84 Å². The first kappa shape index (κ1) is 20.4. The van der Waals surface area contributed by atoms with E-state index in [1.807, 2.05) is 37.3 Å². The van der Waals surface area contributed by atoms with Crippen molar-refractivity contribution in [2.45, 2.75) is 38.9 Å². The Hall–Kier alpha value is -3.35. The van der Waals surface area contributed by atoms with Crippen LogP contribution in [0.4, 0.5) is 0 Å². The molecule has 0 aromatic heterocycles. The lowest BCUT2D eigenvalue weighted by molar-refractivity contribution is -0.139. The summed E-state index contributed by atoms with van der Waals surface area (Å²) < 4.78 is 5.16. The van der Waals surface area contributed by atoms with Crippen molar-refractivity contribution in [3.8, 4) is 5.75 Å². The largest absolute Gasteiger partial charge is 0.482 e. The molecule has 0 radical (unpaired) electrons. The molecule has 0 bridgehead atoms.